The van der Waals surface area contributed by atoms with E-state index >= 15 is 0 Å². The summed E-state index contributed by atoms with van der Waals surface area (Å²) in [5.74, 6) is -0.599. The number of hydrogen-bond acceptors (Lipinski definition) is 3. The summed E-state index contributed by atoms with van der Waals surface area (Å²) < 4.78 is 14.9. The number of carbonyl (C=O) groups is 1. The number of nitrogens with two attached hydrogens (primary N) is 1. The molecule has 0 saturated carbocycles. The number of benzene rings is 1. The number of phosphoric ester groups is 1. The molecule has 6 nitrogen and oxygen atoms in total. The van der Waals surface area contributed by atoms with Gasteiger partial charge < -0.3 is 10.3 Å². The molecule has 0 radical (unpaired) electrons. The smallest absolute Gasteiger partial charge is 0.404 e. The quantitative estimate of drug-likeness (QED) is 0.678. The van der Waals surface area contributed by atoms with Crippen LogP contribution in [0.2, 0.25) is 0 Å². The van der Waals surface area contributed by atoms with Gasteiger partial charge in [0.2, 0.25) is 5.91 Å². The molecule has 0 saturated heterocycles. The molecule has 7 heteroatoms. The third-order valence-corrected chi connectivity index (χ3v) is 2.62. The van der Waals surface area contributed by atoms with Gasteiger partial charge in [0.05, 0.1) is 0 Å². The lowest BCUT2D eigenvalue weighted by Gasteiger charge is -2.09. The van der Waals surface area contributed by atoms with Crippen LogP contribution in [0.25, 0.3) is 0 Å². The minimum Gasteiger partial charge on any atom is -0.404 e. The molecule has 0 spiro atoms. The average Bonchev–Trinajstić information content (AvgIpc) is 2.18. The molecule has 1 atom stereocenters. The Bertz CT molecular complexity index is 439. The maximum absolute atomic E-state index is 10.9. The molecule has 1 aromatic rings. The number of primary amides is 1. The summed E-state index contributed by atoms with van der Waals surface area (Å²) in [5, 5.41) is 0. The zero-order valence-electron chi connectivity index (χ0n) is 9.24. The second kappa shape index (κ2) is 5.31. The molecule has 0 aliphatic heterocycles. The highest BCUT2D eigenvalue weighted by atomic mass is 31.2. The summed E-state index contributed by atoms with van der Waals surface area (Å²) in [6, 6.07) is 6.12. The van der Waals surface area contributed by atoms with Crippen LogP contribution < -0.4 is 10.3 Å². The Kier molecular flexibility index (Phi) is 4.28. The summed E-state index contributed by atoms with van der Waals surface area (Å²) >= 11 is 0. The molecule has 0 aliphatic rings. The fourth-order valence-corrected chi connectivity index (χ4v) is 1.67. The van der Waals surface area contributed by atoms with Crippen LogP contribution in [0.3, 0.4) is 0 Å². The van der Waals surface area contributed by atoms with E-state index in [9.17, 15) is 9.36 Å². The van der Waals surface area contributed by atoms with Gasteiger partial charge >= 0.3 is 7.82 Å². The van der Waals surface area contributed by atoms with E-state index in [4.69, 9.17) is 15.5 Å². The molecule has 1 unspecified atom stereocenters. The van der Waals surface area contributed by atoms with E-state index in [0.717, 1.165) is 5.56 Å². The lowest BCUT2D eigenvalue weighted by molar-refractivity contribution is -0.121. The van der Waals surface area contributed by atoms with Crippen LogP contribution in [-0.4, -0.2) is 15.7 Å². The van der Waals surface area contributed by atoms with Crippen molar-refractivity contribution < 1.29 is 23.7 Å². The zero-order chi connectivity index (χ0) is 13.1. The largest absolute Gasteiger partial charge is 0.524 e. The number of phosphoric acid groups is 1. The third-order valence-electron chi connectivity index (χ3n) is 2.18. The Labute approximate surface area is 98.6 Å². The lowest BCUT2D eigenvalue weighted by Crippen LogP contribution is -2.22. The minimum atomic E-state index is -4.52. The highest BCUT2D eigenvalue weighted by Gasteiger charge is 2.15. The van der Waals surface area contributed by atoms with Crippen molar-refractivity contribution in [2.45, 2.75) is 13.3 Å². The number of amides is 1. The first kappa shape index (κ1) is 13.7. The van der Waals surface area contributed by atoms with Gasteiger partial charge in [0.1, 0.15) is 5.75 Å². The van der Waals surface area contributed by atoms with Crippen LogP contribution in [0.15, 0.2) is 24.3 Å². The van der Waals surface area contributed by atoms with Crippen LogP contribution in [0.5, 0.6) is 5.75 Å². The Morgan fingerprint density at radius 3 is 2.35 bits per heavy atom. The summed E-state index contributed by atoms with van der Waals surface area (Å²) in [7, 11) is -4.52. The second-order valence-corrected chi connectivity index (χ2v) is 4.90. The number of rotatable bonds is 5. The Hall–Kier alpha value is -1.36. The van der Waals surface area contributed by atoms with Crippen molar-refractivity contribution >= 4 is 13.7 Å². The van der Waals surface area contributed by atoms with E-state index in [2.05, 4.69) is 4.52 Å². The van der Waals surface area contributed by atoms with Crippen LogP contribution in [-0.2, 0) is 15.8 Å². The first-order chi connectivity index (χ1) is 7.78. The van der Waals surface area contributed by atoms with Gasteiger partial charge in [-0.3, -0.25) is 14.6 Å². The number of carbonyl (C=O) groups excluding carboxylic acids is 1. The summed E-state index contributed by atoms with van der Waals surface area (Å²) in [6.45, 7) is 1.71. The molecule has 0 heterocycles. The van der Waals surface area contributed by atoms with Crippen molar-refractivity contribution in [1.29, 1.82) is 0 Å². The van der Waals surface area contributed by atoms with Crippen LogP contribution in [0.4, 0.5) is 0 Å². The SMILES string of the molecule is CC(Cc1ccc(OP(=O)(O)O)cc1)C(N)=O. The van der Waals surface area contributed by atoms with Crippen molar-refractivity contribution in [3.63, 3.8) is 0 Å². The highest BCUT2D eigenvalue weighted by Crippen LogP contribution is 2.37. The topological polar surface area (TPSA) is 110 Å². The van der Waals surface area contributed by atoms with Gasteiger partial charge in [-0.2, -0.15) is 0 Å². The van der Waals surface area contributed by atoms with Gasteiger partial charge in [0, 0.05) is 5.92 Å². The van der Waals surface area contributed by atoms with Gasteiger partial charge in [-0.25, -0.2) is 4.57 Å². The van der Waals surface area contributed by atoms with Crippen molar-refractivity contribution in [3.05, 3.63) is 29.8 Å². The van der Waals surface area contributed by atoms with Crippen molar-refractivity contribution in [2.24, 2.45) is 11.7 Å². The van der Waals surface area contributed by atoms with Crippen molar-refractivity contribution in [1.82, 2.24) is 0 Å². The molecule has 94 valence electrons. The van der Waals surface area contributed by atoms with Gasteiger partial charge in [-0.15, -0.1) is 0 Å². The molecular formula is C10H14NO5P. The molecule has 4 N–H and O–H groups in total. The Balaban J connectivity index is 2.68. The van der Waals surface area contributed by atoms with Crippen LogP contribution >= 0.6 is 7.82 Å². The van der Waals surface area contributed by atoms with E-state index in [0.29, 0.717) is 6.42 Å². The predicted molar refractivity (Wildman–Crippen MR) is 61.2 cm³/mol. The highest BCUT2D eigenvalue weighted by molar-refractivity contribution is 7.46. The molecule has 1 rings (SSSR count). The summed E-state index contributed by atoms with van der Waals surface area (Å²) in [4.78, 5) is 28.0. The molecule has 0 aliphatic carbocycles. The molecule has 1 amide bonds. The first-order valence-corrected chi connectivity index (χ1v) is 6.44. The normalized spacial score (nSPS) is 13.1. The standard InChI is InChI=1S/C10H14NO5P/c1-7(10(11)12)6-8-2-4-9(5-3-8)16-17(13,14)15/h2-5,7H,6H2,1H3,(H2,11,12)(H2,13,14,15). The zero-order valence-corrected chi connectivity index (χ0v) is 10.1. The van der Waals surface area contributed by atoms with E-state index < -0.39 is 7.82 Å². The van der Waals surface area contributed by atoms with E-state index in [1.807, 2.05) is 0 Å². The summed E-state index contributed by atoms with van der Waals surface area (Å²) in [6.07, 6.45) is 0.478. The predicted octanol–water partition coefficient (Wildman–Crippen LogP) is 0.822. The average molecular weight is 259 g/mol. The minimum absolute atomic E-state index is 0.0776. The van der Waals surface area contributed by atoms with Crippen LogP contribution in [0, 0.1) is 5.92 Å². The molecule has 0 bridgehead atoms. The van der Waals surface area contributed by atoms with Gasteiger partial charge in [-0.05, 0) is 24.1 Å². The van der Waals surface area contributed by atoms with E-state index in [-0.39, 0.29) is 17.6 Å². The fourth-order valence-electron chi connectivity index (χ4n) is 1.28. The Morgan fingerprint density at radius 2 is 1.94 bits per heavy atom. The fraction of sp³-hybridized carbons (Fsp3) is 0.300. The molecule has 0 fully saturated rings. The van der Waals surface area contributed by atoms with Gasteiger partial charge in [0.15, 0.2) is 0 Å². The molecule has 1 aromatic carbocycles. The molecule has 17 heavy (non-hydrogen) atoms. The molecule has 0 aromatic heterocycles. The van der Waals surface area contributed by atoms with Gasteiger partial charge in [-0.1, -0.05) is 19.1 Å². The third kappa shape index (κ3) is 4.99. The molecular weight excluding hydrogens is 245 g/mol. The number of hydrogen-bond donors (Lipinski definition) is 3. The van der Waals surface area contributed by atoms with Crippen molar-refractivity contribution in [2.75, 3.05) is 0 Å². The first-order valence-electron chi connectivity index (χ1n) is 4.91. The maximum Gasteiger partial charge on any atom is 0.524 e. The lowest BCUT2D eigenvalue weighted by atomic mass is 10.0. The Morgan fingerprint density at radius 1 is 1.41 bits per heavy atom. The van der Waals surface area contributed by atoms with E-state index in [1.54, 1.807) is 19.1 Å². The monoisotopic (exact) mass is 259 g/mol. The van der Waals surface area contributed by atoms with Crippen LogP contribution in [0.1, 0.15) is 12.5 Å². The van der Waals surface area contributed by atoms with E-state index in [1.165, 1.54) is 12.1 Å². The van der Waals surface area contributed by atoms with Crippen molar-refractivity contribution in [3.8, 4) is 5.75 Å². The summed E-state index contributed by atoms with van der Waals surface area (Å²) in [5.41, 5.74) is 5.97. The second-order valence-electron chi connectivity index (χ2n) is 3.73. The maximum atomic E-state index is 10.9. The van der Waals surface area contributed by atoms with Gasteiger partial charge in [0.25, 0.3) is 0 Å².